The Kier molecular flexibility index (Phi) is 6.84. The maximum Gasteiger partial charge on any atom is 0.254 e. The molecule has 0 aromatic rings. The Balaban J connectivity index is 0.00000196. The van der Waals surface area contributed by atoms with E-state index in [1.165, 1.54) is 0 Å². The quantitative estimate of drug-likeness (QED) is 0.616. The third-order valence-corrected chi connectivity index (χ3v) is 2.44. The maximum atomic E-state index is 11.6. The smallest absolute Gasteiger partial charge is 0.254 e. The lowest BCUT2D eigenvalue weighted by atomic mass is 9.96. The van der Waals surface area contributed by atoms with Crippen molar-refractivity contribution in [3.8, 4) is 0 Å². The number of rotatable bonds is 6. The number of ether oxygens (including phenoxy) is 2. The standard InChI is InChI=1S/C9H18N2O3.ClH/c1-13-5-3-4-11-8(12)9(14-2)6-10-7-9;/h10H,3-7H2,1-2H3,(H,11,12);1H. The lowest BCUT2D eigenvalue weighted by Gasteiger charge is -2.39. The zero-order valence-electron chi connectivity index (χ0n) is 9.17. The van der Waals surface area contributed by atoms with Crippen molar-refractivity contribution in [2.24, 2.45) is 0 Å². The van der Waals surface area contributed by atoms with E-state index in [4.69, 9.17) is 9.47 Å². The van der Waals surface area contributed by atoms with Gasteiger partial charge in [-0.15, -0.1) is 12.4 Å². The minimum absolute atomic E-state index is 0. The van der Waals surface area contributed by atoms with Crippen LogP contribution in [0.15, 0.2) is 0 Å². The van der Waals surface area contributed by atoms with Gasteiger partial charge in [-0.05, 0) is 6.42 Å². The molecule has 1 rings (SSSR count). The third kappa shape index (κ3) is 3.61. The second-order valence-electron chi connectivity index (χ2n) is 3.40. The van der Waals surface area contributed by atoms with Crippen molar-refractivity contribution in [1.29, 1.82) is 0 Å². The van der Waals surface area contributed by atoms with Gasteiger partial charge in [0, 0.05) is 40.5 Å². The molecule has 1 fully saturated rings. The van der Waals surface area contributed by atoms with Crippen LogP contribution < -0.4 is 10.6 Å². The number of carbonyl (C=O) groups is 1. The summed E-state index contributed by atoms with van der Waals surface area (Å²) in [4.78, 5) is 11.6. The largest absolute Gasteiger partial charge is 0.385 e. The lowest BCUT2D eigenvalue weighted by Crippen LogP contribution is -2.68. The minimum Gasteiger partial charge on any atom is -0.385 e. The van der Waals surface area contributed by atoms with Gasteiger partial charge in [0.2, 0.25) is 0 Å². The second kappa shape index (κ2) is 7.00. The molecule has 15 heavy (non-hydrogen) atoms. The molecule has 6 heteroatoms. The molecule has 1 saturated heterocycles. The first-order valence-electron chi connectivity index (χ1n) is 4.78. The van der Waals surface area contributed by atoms with Crippen molar-refractivity contribution < 1.29 is 14.3 Å². The highest BCUT2D eigenvalue weighted by Crippen LogP contribution is 2.15. The van der Waals surface area contributed by atoms with Crippen molar-refractivity contribution in [2.75, 3.05) is 40.5 Å². The molecule has 1 amide bonds. The first kappa shape index (κ1) is 14.6. The van der Waals surface area contributed by atoms with E-state index >= 15 is 0 Å². The Morgan fingerprint density at radius 3 is 2.53 bits per heavy atom. The zero-order valence-corrected chi connectivity index (χ0v) is 9.99. The molecular weight excluding hydrogens is 220 g/mol. The molecule has 0 unspecified atom stereocenters. The number of amides is 1. The van der Waals surface area contributed by atoms with Crippen molar-refractivity contribution in [3.05, 3.63) is 0 Å². The molecule has 0 radical (unpaired) electrons. The number of carbonyl (C=O) groups excluding carboxylic acids is 1. The van der Waals surface area contributed by atoms with E-state index in [0.29, 0.717) is 26.2 Å². The average Bonchev–Trinajstić information content (AvgIpc) is 2.12. The van der Waals surface area contributed by atoms with Crippen LogP contribution in [-0.2, 0) is 14.3 Å². The molecule has 1 aliphatic heterocycles. The molecule has 0 bridgehead atoms. The summed E-state index contributed by atoms with van der Waals surface area (Å²) in [6.07, 6.45) is 0.829. The number of nitrogens with one attached hydrogen (secondary N) is 2. The maximum absolute atomic E-state index is 11.6. The van der Waals surface area contributed by atoms with E-state index in [1.54, 1.807) is 14.2 Å². The molecule has 0 atom stereocenters. The zero-order chi connectivity index (χ0) is 10.4. The van der Waals surface area contributed by atoms with E-state index in [-0.39, 0.29) is 18.3 Å². The molecule has 0 aromatic carbocycles. The molecular formula is C9H19ClN2O3. The summed E-state index contributed by atoms with van der Waals surface area (Å²) in [6, 6.07) is 0. The van der Waals surface area contributed by atoms with E-state index in [0.717, 1.165) is 6.42 Å². The highest BCUT2D eigenvalue weighted by atomic mass is 35.5. The van der Waals surface area contributed by atoms with E-state index in [9.17, 15) is 4.79 Å². The van der Waals surface area contributed by atoms with Crippen LogP contribution in [0.3, 0.4) is 0 Å². The topological polar surface area (TPSA) is 59.6 Å². The molecule has 0 aliphatic carbocycles. The van der Waals surface area contributed by atoms with Gasteiger partial charge in [-0.3, -0.25) is 4.79 Å². The summed E-state index contributed by atoms with van der Waals surface area (Å²) < 4.78 is 10.1. The van der Waals surface area contributed by atoms with Crippen LogP contribution in [0, 0.1) is 0 Å². The molecule has 2 N–H and O–H groups in total. The SMILES string of the molecule is COCCCNC(=O)C1(OC)CNC1.Cl. The van der Waals surface area contributed by atoms with Gasteiger partial charge in [0.25, 0.3) is 5.91 Å². The summed E-state index contributed by atoms with van der Waals surface area (Å²) in [7, 11) is 3.21. The van der Waals surface area contributed by atoms with Crippen molar-refractivity contribution in [2.45, 2.75) is 12.0 Å². The van der Waals surface area contributed by atoms with Crippen LogP contribution in [0.25, 0.3) is 0 Å². The minimum atomic E-state index is -0.632. The van der Waals surface area contributed by atoms with E-state index in [1.807, 2.05) is 0 Å². The molecule has 0 spiro atoms. The Morgan fingerprint density at radius 2 is 2.13 bits per heavy atom. The van der Waals surface area contributed by atoms with Gasteiger partial charge in [0.15, 0.2) is 5.60 Å². The van der Waals surface area contributed by atoms with Gasteiger partial charge >= 0.3 is 0 Å². The van der Waals surface area contributed by atoms with Crippen molar-refractivity contribution in [1.82, 2.24) is 10.6 Å². The summed E-state index contributed by atoms with van der Waals surface area (Å²) in [5.74, 6) is -0.0325. The molecule has 1 heterocycles. The Labute approximate surface area is 96.3 Å². The Hall–Kier alpha value is -0.360. The van der Waals surface area contributed by atoms with Gasteiger partial charge in [-0.2, -0.15) is 0 Å². The third-order valence-electron chi connectivity index (χ3n) is 2.44. The average molecular weight is 239 g/mol. The molecule has 5 nitrogen and oxygen atoms in total. The van der Waals surface area contributed by atoms with Gasteiger partial charge in [-0.25, -0.2) is 0 Å². The number of methoxy groups -OCH3 is 2. The summed E-state index contributed by atoms with van der Waals surface area (Å²) in [5.41, 5.74) is -0.632. The molecule has 0 aromatic heterocycles. The summed E-state index contributed by atoms with van der Waals surface area (Å²) in [5, 5.41) is 5.85. The highest BCUT2D eigenvalue weighted by molar-refractivity contribution is 5.87. The van der Waals surface area contributed by atoms with Crippen LogP contribution in [0.5, 0.6) is 0 Å². The number of hydrogen-bond acceptors (Lipinski definition) is 4. The summed E-state index contributed by atoms with van der Waals surface area (Å²) in [6.45, 7) is 2.50. The van der Waals surface area contributed by atoms with Crippen molar-refractivity contribution >= 4 is 18.3 Å². The van der Waals surface area contributed by atoms with Crippen molar-refractivity contribution in [3.63, 3.8) is 0 Å². The van der Waals surface area contributed by atoms with Crippen LogP contribution in [-0.4, -0.2) is 52.0 Å². The molecule has 0 saturated carbocycles. The predicted octanol–water partition coefficient (Wildman–Crippen LogP) is -0.451. The monoisotopic (exact) mass is 238 g/mol. The fourth-order valence-electron chi connectivity index (χ4n) is 1.33. The Morgan fingerprint density at radius 1 is 1.47 bits per heavy atom. The van der Waals surface area contributed by atoms with Crippen LogP contribution in [0.4, 0.5) is 0 Å². The normalized spacial score (nSPS) is 17.5. The summed E-state index contributed by atoms with van der Waals surface area (Å²) >= 11 is 0. The van der Waals surface area contributed by atoms with E-state index < -0.39 is 5.60 Å². The van der Waals surface area contributed by atoms with Gasteiger partial charge < -0.3 is 20.1 Å². The van der Waals surface area contributed by atoms with Crippen LogP contribution >= 0.6 is 12.4 Å². The molecule has 90 valence electrons. The van der Waals surface area contributed by atoms with Gasteiger partial charge in [0.05, 0.1) is 0 Å². The molecule has 1 aliphatic rings. The second-order valence-corrected chi connectivity index (χ2v) is 3.40. The van der Waals surface area contributed by atoms with Crippen LogP contribution in [0.1, 0.15) is 6.42 Å². The van der Waals surface area contributed by atoms with Crippen LogP contribution in [0.2, 0.25) is 0 Å². The number of halogens is 1. The van der Waals surface area contributed by atoms with Gasteiger partial charge in [0.1, 0.15) is 0 Å². The first-order valence-corrected chi connectivity index (χ1v) is 4.78. The number of hydrogen-bond donors (Lipinski definition) is 2. The Bertz CT molecular complexity index is 192. The van der Waals surface area contributed by atoms with E-state index in [2.05, 4.69) is 10.6 Å². The predicted molar refractivity (Wildman–Crippen MR) is 59.4 cm³/mol. The fourth-order valence-corrected chi connectivity index (χ4v) is 1.33. The van der Waals surface area contributed by atoms with Gasteiger partial charge in [-0.1, -0.05) is 0 Å². The lowest BCUT2D eigenvalue weighted by molar-refractivity contribution is -0.149. The first-order chi connectivity index (χ1) is 6.75. The fraction of sp³-hybridized carbons (Fsp3) is 0.889. The highest BCUT2D eigenvalue weighted by Gasteiger charge is 2.44.